The molecule has 0 bridgehead atoms. The van der Waals surface area contributed by atoms with Crippen molar-refractivity contribution in [2.45, 2.75) is 64.5 Å². The number of hydrogen-bond acceptors (Lipinski definition) is 2. The first kappa shape index (κ1) is 14.0. The van der Waals surface area contributed by atoms with Gasteiger partial charge in [0.05, 0.1) is 0 Å². The van der Waals surface area contributed by atoms with Gasteiger partial charge in [-0.15, -0.1) is 0 Å². The summed E-state index contributed by atoms with van der Waals surface area (Å²) in [7, 11) is 0. The lowest BCUT2D eigenvalue weighted by Crippen LogP contribution is -2.15. The van der Waals surface area contributed by atoms with Gasteiger partial charge in [0.25, 0.3) is 0 Å². The summed E-state index contributed by atoms with van der Waals surface area (Å²) in [5.41, 5.74) is 0. The minimum atomic E-state index is 0.323. The van der Waals surface area contributed by atoms with Gasteiger partial charge in [-0.1, -0.05) is 27.2 Å². The van der Waals surface area contributed by atoms with Crippen LogP contribution in [-0.2, 0) is 4.79 Å². The molecule has 0 atom stereocenters. The second-order valence-corrected chi connectivity index (χ2v) is 6.32. The van der Waals surface area contributed by atoms with E-state index in [0.29, 0.717) is 10.5 Å². The van der Waals surface area contributed by atoms with Gasteiger partial charge in [0.2, 0.25) is 0 Å². The summed E-state index contributed by atoms with van der Waals surface area (Å²) in [6.07, 6.45) is 5.48. The highest BCUT2D eigenvalue weighted by Crippen LogP contribution is 2.30. The van der Waals surface area contributed by atoms with Crippen molar-refractivity contribution in [1.29, 1.82) is 0 Å². The molecular formula is C12H24OS. The Kier molecular flexibility index (Phi) is 7.34. The number of rotatable bonds is 8. The third-order valence-corrected chi connectivity index (χ3v) is 3.85. The van der Waals surface area contributed by atoms with Gasteiger partial charge >= 0.3 is 0 Å². The highest BCUT2D eigenvalue weighted by molar-refractivity contribution is 8.00. The molecule has 1 nitrogen and oxygen atoms in total. The molecule has 0 saturated carbocycles. The average molecular weight is 216 g/mol. The lowest BCUT2D eigenvalue weighted by atomic mass is 10.0. The molecule has 0 aliphatic rings. The van der Waals surface area contributed by atoms with Crippen molar-refractivity contribution in [3.05, 3.63) is 0 Å². The molecule has 14 heavy (non-hydrogen) atoms. The van der Waals surface area contributed by atoms with Gasteiger partial charge in [0.15, 0.2) is 0 Å². The zero-order chi connectivity index (χ0) is 11.0. The van der Waals surface area contributed by atoms with E-state index in [-0.39, 0.29) is 0 Å². The van der Waals surface area contributed by atoms with E-state index < -0.39 is 0 Å². The Bertz CT molecular complexity index is 164. The molecule has 0 saturated heterocycles. The van der Waals surface area contributed by atoms with E-state index in [1.54, 1.807) is 6.92 Å². The molecule has 0 spiro atoms. The fourth-order valence-corrected chi connectivity index (χ4v) is 2.42. The average Bonchev–Trinajstić information content (AvgIpc) is 2.09. The van der Waals surface area contributed by atoms with Gasteiger partial charge in [-0.25, -0.2) is 0 Å². The molecule has 0 fully saturated rings. The van der Waals surface area contributed by atoms with Gasteiger partial charge in [0.1, 0.15) is 5.78 Å². The maximum atomic E-state index is 10.7. The lowest BCUT2D eigenvalue weighted by molar-refractivity contribution is -0.117. The van der Waals surface area contributed by atoms with Crippen LogP contribution in [0.15, 0.2) is 0 Å². The Morgan fingerprint density at radius 1 is 1.29 bits per heavy atom. The maximum Gasteiger partial charge on any atom is 0.129 e. The van der Waals surface area contributed by atoms with Gasteiger partial charge < -0.3 is 4.79 Å². The zero-order valence-electron chi connectivity index (χ0n) is 10.1. The summed E-state index contributed by atoms with van der Waals surface area (Å²) < 4.78 is 0.396. The van der Waals surface area contributed by atoms with Crippen LogP contribution in [0.4, 0.5) is 0 Å². The van der Waals surface area contributed by atoms with Crippen molar-refractivity contribution < 1.29 is 4.79 Å². The van der Waals surface area contributed by atoms with E-state index in [1.807, 2.05) is 0 Å². The van der Waals surface area contributed by atoms with Gasteiger partial charge in [-0.05, 0) is 31.9 Å². The molecule has 0 rings (SSSR count). The van der Waals surface area contributed by atoms with E-state index in [9.17, 15) is 4.79 Å². The van der Waals surface area contributed by atoms with Crippen molar-refractivity contribution in [2.75, 3.05) is 5.75 Å². The first-order valence-corrected chi connectivity index (χ1v) is 6.60. The molecule has 0 N–H and O–H groups in total. The molecule has 0 aliphatic heterocycles. The number of carbonyl (C=O) groups is 1. The summed E-state index contributed by atoms with van der Waals surface area (Å²) in [6, 6.07) is 0. The van der Waals surface area contributed by atoms with Crippen LogP contribution in [-0.4, -0.2) is 16.3 Å². The van der Waals surface area contributed by atoms with Crippen LogP contribution >= 0.6 is 11.8 Å². The number of Topliss-reactive ketones (excluding diaryl/α,β-unsaturated/α-hetero) is 1. The van der Waals surface area contributed by atoms with Crippen LogP contribution in [0.5, 0.6) is 0 Å². The summed E-state index contributed by atoms with van der Waals surface area (Å²) in [4.78, 5) is 10.7. The molecule has 2 heteroatoms. The Labute approximate surface area is 93.0 Å². The van der Waals surface area contributed by atoms with E-state index >= 15 is 0 Å². The molecule has 0 aromatic rings. The highest BCUT2D eigenvalue weighted by Gasteiger charge is 2.16. The van der Waals surface area contributed by atoms with Crippen molar-refractivity contribution in [1.82, 2.24) is 0 Å². The monoisotopic (exact) mass is 216 g/mol. The van der Waals surface area contributed by atoms with Crippen LogP contribution in [0, 0.1) is 0 Å². The van der Waals surface area contributed by atoms with Crippen LogP contribution in [0.1, 0.15) is 59.8 Å². The quantitative estimate of drug-likeness (QED) is 0.569. The molecule has 0 aliphatic carbocycles. The molecule has 0 aromatic carbocycles. The summed E-state index contributed by atoms with van der Waals surface area (Å²) in [5.74, 6) is 1.57. The molecule has 0 unspecified atom stereocenters. The van der Waals surface area contributed by atoms with E-state index in [2.05, 4.69) is 32.5 Å². The first-order chi connectivity index (χ1) is 6.48. The minimum absolute atomic E-state index is 0.323. The van der Waals surface area contributed by atoms with Crippen LogP contribution < -0.4 is 0 Å². The molecule has 0 radical (unpaired) electrons. The number of thioether (sulfide) groups is 1. The Morgan fingerprint density at radius 3 is 2.43 bits per heavy atom. The SMILES string of the molecule is CCCSC(C)(C)CCCCC(C)=O. The van der Waals surface area contributed by atoms with Gasteiger partial charge in [0, 0.05) is 11.2 Å². The van der Waals surface area contributed by atoms with Gasteiger partial charge in [-0.2, -0.15) is 11.8 Å². The largest absolute Gasteiger partial charge is 0.300 e. The number of hydrogen-bond donors (Lipinski definition) is 0. The van der Waals surface area contributed by atoms with Crippen molar-refractivity contribution in [2.24, 2.45) is 0 Å². The van der Waals surface area contributed by atoms with Crippen molar-refractivity contribution >= 4 is 17.5 Å². The Morgan fingerprint density at radius 2 is 1.93 bits per heavy atom. The summed E-state index contributed by atoms with van der Waals surface area (Å²) >= 11 is 2.05. The van der Waals surface area contributed by atoms with Crippen molar-refractivity contribution in [3.63, 3.8) is 0 Å². The first-order valence-electron chi connectivity index (χ1n) is 5.61. The van der Waals surface area contributed by atoms with Crippen LogP contribution in [0.25, 0.3) is 0 Å². The molecule has 84 valence electrons. The predicted octanol–water partition coefficient (Wildman–Crippen LogP) is 4.06. The Balaban J connectivity index is 3.49. The minimum Gasteiger partial charge on any atom is -0.300 e. The number of ketones is 1. The predicted molar refractivity (Wildman–Crippen MR) is 66.0 cm³/mol. The molecular weight excluding hydrogens is 192 g/mol. The second kappa shape index (κ2) is 7.33. The fourth-order valence-electron chi connectivity index (χ4n) is 1.38. The highest BCUT2D eigenvalue weighted by atomic mass is 32.2. The standard InChI is InChI=1S/C12H24OS/c1-5-10-14-12(3,4)9-7-6-8-11(2)13/h5-10H2,1-4H3. The van der Waals surface area contributed by atoms with E-state index in [1.165, 1.54) is 25.0 Å². The topological polar surface area (TPSA) is 17.1 Å². The number of carbonyl (C=O) groups excluding carboxylic acids is 1. The van der Waals surface area contributed by atoms with Crippen LogP contribution in [0.3, 0.4) is 0 Å². The Hall–Kier alpha value is 0.0200. The lowest BCUT2D eigenvalue weighted by Gasteiger charge is -2.23. The molecule has 0 aromatic heterocycles. The fraction of sp³-hybridized carbons (Fsp3) is 0.917. The van der Waals surface area contributed by atoms with Crippen molar-refractivity contribution in [3.8, 4) is 0 Å². The van der Waals surface area contributed by atoms with E-state index in [4.69, 9.17) is 0 Å². The smallest absolute Gasteiger partial charge is 0.129 e. The summed E-state index contributed by atoms with van der Waals surface area (Å²) in [5, 5.41) is 0. The number of unbranched alkanes of at least 4 members (excludes halogenated alkanes) is 1. The van der Waals surface area contributed by atoms with Crippen LogP contribution in [0.2, 0.25) is 0 Å². The van der Waals surface area contributed by atoms with E-state index in [0.717, 1.165) is 12.8 Å². The third kappa shape index (κ3) is 8.61. The zero-order valence-corrected chi connectivity index (χ0v) is 10.9. The molecule has 0 heterocycles. The second-order valence-electron chi connectivity index (χ2n) is 4.52. The summed E-state index contributed by atoms with van der Waals surface area (Å²) in [6.45, 7) is 8.51. The maximum absolute atomic E-state index is 10.7. The normalized spacial score (nSPS) is 11.7. The van der Waals surface area contributed by atoms with Gasteiger partial charge in [-0.3, -0.25) is 0 Å². The molecule has 0 amide bonds. The third-order valence-electron chi connectivity index (χ3n) is 2.25.